The average molecular weight is 214 g/mol. The zero-order valence-corrected chi connectivity index (χ0v) is 8.83. The number of nitrogen functional groups attached to an aromatic ring is 1. The lowest BCUT2D eigenvalue weighted by atomic mass is 10.3. The monoisotopic (exact) mass is 214 g/mol. The third kappa shape index (κ3) is 2.93. The van der Waals surface area contributed by atoms with Crippen LogP contribution in [0.4, 0.5) is 10.2 Å². The number of rotatable bonds is 4. The van der Waals surface area contributed by atoms with E-state index in [1.165, 1.54) is 10.9 Å². The van der Waals surface area contributed by atoms with Gasteiger partial charge in [0.2, 0.25) is 0 Å². The van der Waals surface area contributed by atoms with Gasteiger partial charge in [0.15, 0.2) is 5.82 Å². The van der Waals surface area contributed by atoms with Crippen molar-refractivity contribution < 1.29 is 9.18 Å². The van der Waals surface area contributed by atoms with Gasteiger partial charge in [-0.15, -0.1) is 0 Å². The number of nitrogens with two attached hydrogens (primary N) is 1. The molecule has 0 unspecified atom stereocenters. The number of nitrogens with zero attached hydrogens (tertiary/aromatic N) is 2. The lowest BCUT2D eigenvalue weighted by molar-refractivity contribution is 0.0944. The van der Waals surface area contributed by atoms with E-state index >= 15 is 0 Å². The van der Waals surface area contributed by atoms with Gasteiger partial charge in [-0.2, -0.15) is 5.10 Å². The Kier molecular flexibility index (Phi) is 3.65. The molecule has 0 fully saturated rings. The number of carbonyl (C=O) groups is 1. The van der Waals surface area contributed by atoms with Crippen LogP contribution in [0.25, 0.3) is 0 Å². The summed E-state index contributed by atoms with van der Waals surface area (Å²) in [5, 5.41) is 6.51. The molecule has 0 saturated heterocycles. The van der Waals surface area contributed by atoms with Crippen LogP contribution >= 0.6 is 0 Å². The summed E-state index contributed by atoms with van der Waals surface area (Å²) in [7, 11) is 0. The molecule has 1 aromatic heterocycles. The number of aryl methyl sites for hydroxylation is 1. The molecule has 0 aliphatic carbocycles. The highest BCUT2D eigenvalue weighted by molar-refractivity contribution is 5.98. The van der Waals surface area contributed by atoms with Crippen molar-refractivity contribution in [2.24, 2.45) is 0 Å². The number of carbonyl (C=O) groups excluding carboxylic acids is 1. The second kappa shape index (κ2) is 4.77. The van der Waals surface area contributed by atoms with Crippen LogP contribution < -0.4 is 11.1 Å². The lowest BCUT2D eigenvalue weighted by Gasteiger charge is -2.06. The molecule has 0 aromatic carbocycles. The van der Waals surface area contributed by atoms with Crippen molar-refractivity contribution in [2.45, 2.75) is 26.4 Å². The van der Waals surface area contributed by atoms with Crippen molar-refractivity contribution in [2.75, 3.05) is 12.4 Å². The van der Waals surface area contributed by atoms with Crippen molar-refractivity contribution in [3.05, 3.63) is 11.8 Å². The number of halogens is 1. The summed E-state index contributed by atoms with van der Waals surface area (Å²) in [5.41, 5.74) is 5.82. The Morgan fingerprint density at radius 2 is 2.40 bits per heavy atom. The Bertz CT molecular complexity index is 348. The van der Waals surface area contributed by atoms with Gasteiger partial charge in [-0.25, -0.2) is 4.39 Å². The van der Waals surface area contributed by atoms with E-state index in [4.69, 9.17) is 5.73 Å². The Balaban J connectivity index is 2.80. The molecule has 0 spiro atoms. The van der Waals surface area contributed by atoms with E-state index in [1.807, 2.05) is 13.8 Å². The Morgan fingerprint density at radius 1 is 1.73 bits per heavy atom. The number of alkyl halides is 1. The summed E-state index contributed by atoms with van der Waals surface area (Å²) in [5.74, 6) is -0.158. The lowest BCUT2D eigenvalue weighted by Crippen LogP contribution is -2.30. The van der Waals surface area contributed by atoms with Crippen LogP contribution in [0.1, 0.15) is 24.2 Å². The van der Waals surface area contributed by atoms with Crippen molar-refractivity contribution >= 4 is 11.7 Å². The van der Waals surface area contributed by atoms with E-state index in [-0.39, 0.29) is 29.9 Å². The molecule has 15 heavy (non-hydrogen) atoms. The first-order valence-corrected chi connectivity index (χ1v) is 4.74. The molecule has 0 aliphatic heterocycles. The van der Waals surface area contributed by atoms with Crippen LogP contribution in [-0.2, 0) is 6.54 Å². The minimum atomic E-state index is -0.535. The quantitative estimate of drug-likeness (QED) is 0.769. The SMILES string of the molecule is CC(C)NC(=O)c1cn(CCF)nc1N. The molecule has 0 atom stereocenters. The maximum absolute atomic E-state index is 12.0. The Morgan fingerprint density at radius 3 is 2.93 bits per heavy atom. The highest BCUT2D eigenvalue weighted by atomic mass is 19.1. The fourth-order valence-electron chi connectivity index (χ4n) is 1.15. The molecule has 0 saturated carbocycles. The van der Waals surface area contributed by atoms with Gasteiger partial charge in [-0.1, -0.05) is 0 Å². The number of amides is 1. The molecular weight excluding hydrogens is 199 g/mol. The number of hydrogen-bond donors (Lipinski definition) is 2. The molecule has 84 valence electrons. The van der Waals surface area contributed by atoms with Crippen LogP contribution in [-0.4, -0.2) is 28.4 Å². The molecule has 0 bridgehead atoms. The first-order valence-electron chi connectivity index (χ1n) is 4.74. The van der Waals surface area contributed by atoms with E-state index in [1.54, 1.807) is 0 Å². The van der Waals surface area contributed by atoms with Gasteiger partial charge in [0, 0.05) is 12.2 Å². The van der Waals surface area contributed by atoms with E-state index in [2.05, 4.69) is 10.4 Å². The number of anilines is 1. The summed E-state index contributed by atoms with van der Waals surface area (Å²) in [6, 6.07) is 0.0291. The first kappa shape index (κ1) is 11.5. The molecule has 1 rings (SSSR count). The molecule has 3 N–H and O–H groups in total. The van der Waals surface area contributed by atoms with E-state index in [0.717, 1.165) is 0 Å². The summed E-state index contributed by atoms with van der Waals surface area (Å²) < 4.78 is 13.4. The maximum Gasteiger partial charge on any atom is 0.256 e. The fraction of sp³-hybridized carbons (Fsp3) is 0.556. The maximum atomic E-state index is 12.0. The largest absolute Gasteiger partial charge is 0.382 e. The van der Waals surface area contributed by atoms with Crippen molar-refractivity contribution in [1.29, 1.82) is 0 Å². The predicted octanol–water partition coefficient (Wildman–Crippen LogP) is 0.573. The van der Waals surface area contributed by atoms with Gasteiger partial charge in [0.05, 0.1) is 6.54 Å². The van der Waals surface area contributed by atoms with Gasteiger partial charge < -0.3 is 11.1 Å². The summed E-state index contributed by atoms with van der Waals surface area (Å²) in [4.78, 5) is 11.6. The van der Waals surface area contributed by atoms with E-state index < -0.39 is 6.67 Å². The highest BCUT2D eigenvalue weighted by Crippen LogP contribution is 2.08. The summed E-state index contributed by atoms with van der Waals surface area (Å²) >= 11 is 0. The third-order valence-electron chi connectivity index (χ3n) is 1.77. The third-order valence-corrected chi connectivity index (χ3v) is 1.77. The summed E-state index contributed by atoms with van der Waals surface area (Å²) in [6.45, 7) is 3.27. The van der Waals surface area contributed by atoms with Gasteiger partial charge in [0.1, 0.15) is 12.2 Å². The minimum absolute atomic E-state index is 0.0291. The van der Waals surface area contributed by atoms with Crippen LogP contribution in [0.5, 0.6) is 0 Å². The molecule has 0 radical (unpaired) electrons. The Labute approximate surface area is 87.4 Å². The number of aromatic nitrogens is 2. The average Bonchev–Trinajstić information content (AvgIpc) is 2.46. The second-order valence-corrected chi connectivity index (χ2v) is 3.51. The van der Waals surface area contributed by atoms with Crippen LogP contribution in [0.15, 0.2) is 6.20 Å². The van der Waals surface area contributed by atoms with Crippen LogP contribution in [0.2, 0.25) is 0 Å². The zero-order valence-electron chi connectivity index (χ0n) is 8.83. The minimum Gasteiger partial charge on any atom is -0.382 e. The van der Waals surface area contributed by atoms with Gasteiger partial charge in [-0.3, -0.25) is 9.48 Å². The first-order chi connectivity index (χ1) is 7.04. The second-order valence-electron chi connectivity index (χ2n) is 3.51. The highest BCUT2D eigenvalue weighted by Gasteiger charge is 2.14. The normalized spacial score (nSPS) is 10.7. The molecular formula is C9H15FN4O. The molecule has 1 heterocycles. The Hall–Kier alpha value is -1.59. The predicted molar refractivity (Wildman–Crippen MR) is 55.2 cm³/mol. The molecule has 1 aromatic rings. The van der Waals surface area contributed by atoms with Gasteiger partial charge >= 0.3 is 0 Å². The smallest absolute Gasteiger partial charge is 0.256 e. The zero-order chi connectivity index (χ0) is 11.4. The van der Waals surface area contributed by atoms with Crippen molar-refractivity contribution in [1.82, 2.24) is 15.1 Å². The fourth-order valence-corrected chi connectivity index (χ4v) is 1.15. The molecule has 1 amide bonds. The van der Waals surface area contributed by atoms with Crippen LogP contribution in [0.3, 0.4) is 0 Å². The topological polar surface area (TPSA) is 72.9 Å². The van der Waals surface area contributed by atoms with Gasteiger partial charge in [-0.05, 0) is 13.8 Å². The van der Waals surface area contributed by atoms with E-state index in [9.17, 15) is 9.18 Å². The van der Waals surface area contributed by atoms with Crippen LogP contribution in [0, 0.1) is 0 Å². The standard InChI is InChI=1S/C9H15FN4O/c1-6(2)12-9(15)7-5-14(4-3-10)13-8(7)11/h5-6H,3-4H2,1-2H3,(H2,11,13)(H,12,15). The number of nitrogens with one attached hydrogen (secondary N) is 1. The molecule has 0 aliphatic rings. The molecule has 6 heteroatoms. The van der Waals surface area contributed by atoms with Crippen molar-refractivity contribution in [3.63, 3.8) is 0 Å². The number of hydrogen-bond acceptors (Lipinski definition) is 3. The van der Waals surface area contributed by atoms with E-state index in [0.29, 0.717) is 0 Å². The van der Waals surface area contributed by atoms with Crippen molar-refractivity contribution in [3.8, 4) is 0 Å². The summed E-state index contributed by atoms with van der Waals surface area (Å²) in [6.07, 6.45) is 1.45. The van der Waals surface area contributed by atoms with Gasteiger partial charge in [0.25, 0.3) is 5.91 Å². The molecule has 5 nitrogen and oxygen atoms in total.